The standard InChI is InChI=1S/C15H26N2O/c1-15(2,18-3)9-11-17(12-10-16)13-14-7-5-4-6-8-14/h4-8H,9-13,16H2,1-3H3. The summed E-state index contributed by atoms with van der Waals surface area (Å²) in [6.07, 6.45) is 1.01. The Balaban J connectivity index is 2.50. The van der Waals surface area contributed by atoms with Crippen LogP contribution in [0.25, 0.3) is 0 Å². The van der Waals surface area contributed by atoms with E-state index in [0.717, 1.165) is 26.1 Å². The van der Waals surface area contributed by atoms with Gasteiger partial charge in [0.1, 0.15) is 0 Å². The van der Waals surface area contributed by atoms with Crippen molar-refractivity contribution in [3.63, 3.8) is 0 Å². The van der Waals surface area contributed by atoms with E-state index in [1.165, 1.54) is 5.56 Å². The van der Waals surface area contributed by atoms with Crippen molar-refractivity contribution in [1.82, 2.24) is 4.90 Å². The molecule has 3 nitrogen and oxygen atoms in total. The number of benzene rings is 1. The van der Waals surface area contributed by atoms with Crippen LogP contribution in [0.3, 0.4) is 0 Å². The normalized spacial score (nSPS) is 12.1. The fraction of sp³-hybridized carbons (Fsp3) is 0.600. The van der Waals surface area contributed by atoms with E-state index in [0.29, 0.717) is 6.54 Å². The molecule has 0 atom stereocenters. The molecule has 0 aliphatic carbocycles. The Morgan fingerprint density at radius 3 is 2.39 bits per heavy atom. The lowest BCUT2D eigenvalue weighted by atomic mass is 10.0. The molecule has 0 saturated heterocycles. The number of methoxy groups -OCH3 is 1. The van der Waals surface area contributed by atoms with Gasteiger partial charge in [-0.25, -0.2) is 0 Å². The maximum Gasteiger partial charge on any atom is 0.0634 e. The van der Waals surface area contributed by atoms with E-state index in [9.17, 15) is 0 Å². The van der Waals surface area contributed by atoms with E-state index in [1.54, 1.807) is 7.11 Å². The lowest BCUT2D eigenvalue weighted by Gasteiger charge is -2.28. The lowest BCUT2D eigenvalue weighted by molar-refractivity contribution is 0.00701. The lowest BCUT2D eigenvalue weighted by Crippen LogP contribution is -2.35. The third kappa shape index (κ3) is 5.63. The van der Waals surface area contributed by atoms with Gasteiger partial charge in [-0.15, -0.1) is 0 Å². The molecule has 18 heavy (non-hydrogen) atoms. The van der Waals surface area contributed by atoms with Gasteiger partial charge >= 0.3 is 0 Å². The molecule has 0 heterocycles. The van der Waals surface area contributed by atoms with E-state index in [-0.39, 0.29) is 5.60 Å². The van der Waals surface area contributed by atoms with Gasteiger partial charge in [0.25, 0.3) is 0 Å². The highest BCUT2D eigenvalue weighted by Crippen LogP contribution is 2.14. The molecular formula is C15H26N2O. The number of hydrogen-bond donors (Lipinski definition) is 1. The van der Waals surface area contributed by atoms with Crippen LogP contribution in [0.2, 0.25) is 0 Å². The molecular weight excluding hydrogens is 224 g/mol. The highest BCUT2D eigenvalue weighted by Gasteiger charge is 2.17. The van der Waals surface area contributed by atoms with Crippen molar-refractivity contribution in [1.29, 1.82) is 0 Å². The number of ether oxygens (including phenoxy) is 1. The van der Waals surface area contributed by atoms with Crippen LogP contribution in [0.5, 0.6) is 0 Å². The van der Waals surface area contributed by atoms with Crippen LogP contribution >= 0.6 is 0 Å². The minimum atomic E-state index is -0.0659. The smallest absolute Gasteiger partial charge is 0.0634 e. The van der Waals surface area contributed by atoms with Crippen molar-refractivity contribution in [3.05, 3.63) is 35.9 Å². The van der Waals surface area contributed by atoms with E-state index in [2.05, 4.69) is 43.0 Å². The monoisotopic (exact) mass is 250 g/mol. The molecule has 1 rings (SSSR count). The van der Waals surface area contributed by atoms with Crippen LogP contribution in [0, 0.1) is 0 Å². The number of nitrogens with zero attached hydrogens (tertiary/aromatic N) is 1. The molecule has 0 fully saturated rings. The van der Waals surface area contributed by atoms with Gasteiger partial charge < -0.3 is 10.5 Å². The Morgan fingerprint density at radius 1 is 1.17 bits per heavy atom. The number of hydrogen-bond acceptors (Lipinski definition) is 3. The van der Waals surface area contributed by atoms with Gasteiger partial charge in [-0.05, 0) is 25.8 Å². The molecule has 0 aromatic heterocycles. The zero-order valence-electron chi connectivity index (χ0n) is 11.9. The molecule has 0 amide bonds. The second kappa shape index (κ2) is 7.52. The zero-order chi connectivity index (χ0) is 13.4. The van der Waals surface area contributed by atoms with Crippen LogP contribution < -0.4 is 5.73 Å². The van der Waals surface area contributed by atoms with E-state index >= 15 is 0 Å². The third-order valence-electron chi connectivity index (χ3n) is 3.28. The highest BCUT2D eigenvalue weighted by atomic mass is 16.5. The molecule has 102 valence electrons. The Labute approximate surface area is 111 Å². The van der Waals surface area contributed by atoms with Crippen LogP contribution in [0.4, 0.5) is 0 Å². The molecule has 2 N–H and O–H groups in total. The van der Waals surface area contributed by atoms with Gasteiger partial charge in [0, 0.05) is 33.3 Å². The summed E-state index contributed by atoms with van der Waals surface area (Å²) in [6.45, 7) is 7.83. The second-order valence-corrected chi connectivity index (χ2v) is 5.26. The summed E-state index contributed by atoms with van der Waals surface area (Å²) in [4.78, 5) is 2.39. The number of nitrogens with two attached hydrogens (primary N) is 1. The Kier molecular flexibility index (Phi) is 6.33. The topological polar surface area (TPSA) is 38.5 Å². The van der Waals surface area contributed by atoms with Gasteiger partial charge in [-0.3, -0.25) is 4.90 Å². The van der Waals surface area contributed by atoms with Gasteiger partial charge in [0.05, 0.1) is 5.60 Å². The summed E-state index contributed by atoms with van der Waals surface area (Å²) in [5.74, 6) is 0. The fourth-order valence-electron chi connectivity index (χ4n) is 1.82. The average Bonchev–Trinajstić information content (AvgIpc) is 2.38. The first kappa shape index (κ1) is 15.2. The summed E-state index contributed by atoms with van der Waals surface area (Å²) in [7, 11) is 1.77. The molecule has 0 unspecified atom stereocenters. The highest BCUT2D eigenvalue weighted by molar-refractivity contribution is 5.14. The van der Waals surface area contributed by atoms with Crippen LogP contribution in [0.1, 0.15) is 25.8 Å². The Hall–Kier alpha value is -0.900. The van der Waals surface area contributed by atoms with Crippen molar-refractivity contribution in [3.8, 4) is 0 Å². The molecule has 0 spiro atoms. The van der Waals surface area contributed by atoms with Crippen LogP contribution in [-0.4, -0.2) is 37.2 Å². The average molecular weight is 250 g/mol. The molecule has 1 aromatic carbocycles. The van der Waals surface area contributed by atoms with E-state index < -0.39 is 0 Å². The predicted molar refractivity (Wildman–Crippen MR) is 76.5 cm³/mol. The maximum absolute atomic E-state index is 5.68. The van der Waals surface area contributed by atoms with Crippen molar-refractivity contribution in [2.24, 2.45) is 5.73 Å². The molecule has 0 bridgehead atoms. The summed E-state index contributed by atoms with van der Waals surface area (Å²) >= 11 is 0. The summed E-state index contributed by atoms with van der Waals surface area (Å²) in [5, 5.41) is 0. The fourth-order valence-corrected chi connectivity index (χ4v) is 1.82. The quantitative estimate of drug-likeness (QED) is 0.769. The summed E-state index contributed by atoms with van der Waals surface area (Å²) in [5.41, 5.74) is 6.95. The minimum Gasteiger partial charge on any atom is -0.379 e. The van der Waals surface area contributed by atoms with Crippen LogP contribution in [0.15, 0.2) is 30.3 Å². The third-order valence-corrected chi connectivity index (χ3v) is 3.28. The second-order valence-electron chi connectivity index (χ2n) is 5.26. The first-order valence-electron chi connectivity index (χ1n) is 6.59. The van der Waals surface area contributed by atoms with Crippen molar-refractivity contribution in [2.75, 3.05) is 26.7 Å². The molecule has 0 aliphatic rings. The maximum atomic E-state index is 5.68. The first-order chi connectivity index (χ1) is 8.57. The molecule has 0 radical (unpaired) electrons. The zero-order valence-corrected chi connectivity index (χ0v) is 11.9. The molecule has 3 heteroatoms. The van der Waals surface area contributed by atoms with E-state index in [4.69, 9.17) is 10.5 Å². The predicted octanol–water partition coefficient (Wildman–Crippen LogP) is 2.26. The van der Waals surface area contributed by atoms with Crippen molar-refractivity contribution in [2.45, 2.75) is 32.4 Å². The first-order valence-corrected chi connectivity index (χ1v) is 6.59. The minimum absolute atomic E-state index is 0.0659. The largest absolute Gasteiger partial charge is 0.379 e. The molecule has 0 aliphatic heterocycles. The van der Waals surface area contributed by atoms with Gasteiger partial charge in [0.2, 0.25) is 0 Å². The van der Waals surface area contributed by atoms with Crippen molar-refractivity contribution >= 4 is 0 Å². The Bertz CT molecular complexity index is 325. The molecule has 0 saturated carbocycles. The Morgan fingerprint density at radius 2 is 1.83 bits per heavy atom. The SMILES string of the molecule is COC(C)(C)CCN(CCN)Cc1ccccc1. The summed E-state index contributed by atoms with van der Waals surface area (Å²) in [6, 6.07) is 10.5. The van der Waals surface area contributed by atoms with Gasteiger partial charge in [0.15, 0.2) is 0 Å². The van der Waals surface area contributed by atoms with Crippen LogP contribution in [-0.2, 0) is 11.3 Å². The summed E-state index contributed by atoms with van der Waals surface area (Å²) < 4.78 is 5.46. The van der Waals surface area contributed by atoms with Crippen molar-refractivity contribution < 1.29 is 4.74 Å². The number of rotatable bonds is 8. The molecule has 1 aromatic rings. The van der Waals surface area contributed by atoms with Gasteiger partial charge in [-0.1, -0.05) is 30.3 Å². The van der Waals surface area contributed by atoms with E-state index in [1.807, 2.05) is 6.07 Å². The van der Waals surface area contributed by atoms with Gasteiger partial charge in [-0.2, -0.15) is 0 Å².